The Morgan fingerprint density at radius 3 is 2.44 bits per heavy atom. The van der Waals surface area contributed by atoms with Crippen LogP contribution in [-0.4, -0.2) is 32.5 Å². The summed E-state index contributed by atoms with van der Waals surface area (Å²) in [4.78, 5) is 17.3. The Morgan fingerprint density at radius 2 is 1.81 bits per heavy atom. The van der Waals surface area contributed by atoms with E-state index in [1.807, 2.05) is 0 Å². The van der Waals surface area contributed by atoms with Crippen molar-refractivity contribution in [2.45, 2.75) is 36.9 Å². The highest BCUT2D eigenvalue weighted by Crippen LogP contribution is 2.49. The third-order valence-corrected chi connectivity index (χ3v) is 6.93. The van der Waals surface area contributed by atoms with Gasteiger partial charge >= 0.3 is 12.1 Å². The molecule has 0 amide bonds. The molecule has 0 saturated heterocycles. The minimum Gasteiger partial charge on any atom is -0.611 e. The fourth-order valence-electron chi connectivity index (χ4n) is 4.18. The van der Waals surface area contributed by atoms with E-state index in [4.69, 9.17) is 4.74 Å². The molecule has 2 unspecified atom stereocenters. The number of hydrogen-bond donors (Lipinski definition) is 2. The van der Waals surface area contributed by atoms with Crippen LogP contribution >= 0.6 is 0 Å². The van der Waals surface area contributed by atoms with E-state index in [1.165, 1.54) is 30.5 Å². The van der Waals surface area contributed by atoms with Crippen LogP contribution in [0.3, 0.4) is 0 Å². The smallest absolute Gasteiger partial charge is 0.416 e. The Bertz CT molecular complexity index is 1300. The monoisotopic (exact) mass is 516 g/mol. The van der Waals surface area contributed by atoms with E-state index < -0.39 is 34.8 Å². The van der Waals surface area contributed by atoms with Crippen molar-refractivity contribution in [1.82, 2.24) is 4.98 Å². The summed E-state index contributed by atoms with van der Waals surface area (Å²) in [6.45, 7) is 3.47. The van der Waals surface area contributed by atoms with Crippen LogP contribution in [0.2, 0.25) is 0 Å². The lowest BCUT2D eigenvalue weighted by molar-refractivity contribution is -0.139. The van der Waals surface area contributed by atoms with E-state index >= 15 is 0 Å². The first-order valence-electron chi connectivity index (χ1n) is 11.1. The number of halogens is 3. The zero-order valence-corrected chi connectivity index (χ0v) is 20.2. The van der Waals surface area contributed by atoms with Gasteiger partial charge in [0.1, 0.15) is 0 Å². The summed E-state index contributed by atoms with van der Waals surface area (Å²) in [5, 5.41) is 13.3. The molecule has 10 heteroatoms. The molecule has 0 spiro atoms. The van der Waals surface area contributed by atoms with E-state index in [2.05, 4.69) is 10.3 Å². The Balaban J connectivity index is 1.96. The highest BCUT2D eigenvalue weighted by molar-refractivity contribution is 7.91. The summed E-state index contributed by atoms with van der Waals surface area (Å²) in [5.74, 6) is -3.02. The third kappa shape index (κ3) is 5.19. The number of ether oxygens (including phenoxy) is 1. The number of anilines is 1. The summed E-state index contributed by atoms with van der Waals surface area (Å²) in [5.41, 5.74) is -0.993. The summed E-state index contributed by atoms with van der Waals surface area (Å²) < 4.78 is 61.1. The fourth-order valence-corrected chi connectivity index (χ4v) is 5.30. The van der Waals surface area contributed by atoms with Gasteiger partial charge in [0, 0.05) is 17.4 Å². The first kappa shape index (κ1) is 25.6. The number of nitrogens with one attached hydrogen (secondary N) is 1. The van der Waals surface area contributed by atoms with Crippen LogP contribution < -0.4 is 10.1 Å². The molecule has 6 nitrogen and oxygen atoms in total. The predicted octanol–water partition coefficient (Wildman–Crippen LogP) is 5.59. The van der Waals surface area contributed by atoms with Crippen LogP contribution in [0, 0.1) is 0 Å². The standard InChI is InChI=1S/C26H23F3N2O4S/c1-15(2)35-24-22-19(12-13-30-24)31-20(14-36(34)16-8-4-3-5-9-16)23(25(32)33)21(22)17-10-6-7-11-18(17)26(27,28)29/h3-13,15,21,31H,14H2,1-2H3,(H,32,33). The number of carboxylic acid groups (broad SMARTS) is 1. The van der Waals surface area contributed by atoms with Crippen molar-refractivity contribution in [1.29, 1.82) is 0 Å². The largest absolute Gasteiger partial charge is 0.611 e. The van der Waals surface area contributed by atoms with E-state index in [9.17, 15) is 27.6 Å². The molecule has 4 rings (SSSR count). The molecule has 2 N–H and O–H groups in total. The van der Waals surface area contributed by atoms with Gasteiger partial charge in [0.2, 0.25) is 5.88 Å². The molecule has 2 aromatic carbocycles. The van der Waals surface area contributed by atoms with Gasteiger partial charge < -0.3 is 19.7 Å². The lowest BCUT2D eigenvalue weighted by Gasteiger charge is -2.32. The number of carbonyl (C=O) groups is 1. The Morgan fingerprint density at radius 1 is 1.14 bits per heavy atom. The number of hydrogen-bond acceptors (Lipinski definition) is 5. The van der Waals surface area contributed by atoms with Gasteiger partial charge in [0.05, 0.1) is 28.9 Å². The lowest BCUT2D eigenvalue weighted by atomic mass is 9.79. The second-order valence-electron chi connectivity index (χ2n) is 8.39. The third-order valence-electron chi connectivity index (χ3n) is 5.58. The molecule has 2 atom stereocenters. The number of fused-ring (bicyclic) bond motifs is 1. The van der Waals surface area contributed by atoms with Crippen LogP contribution in [0.25, 0.3) is 0 Å². The quantitative estimate of drug-likeness (QED) is 0.398. The molecule has 0 saturated carbocycles. The van der Waals surface area contributed by atoms with Gasteiger partial charge in [-0.05, 0) is 54.9 Å². The number of carboxylic acids is 1. The second kappa shape index (κ2) is 10.2. The Hall–Kier alpha value is -3.50. The molecule has 188 valence electrons. The van der Waals surface area contributed by atoms with Gasteiger partial charge in [-0.3, -0.25) is 0 Å². The maximum Gasteiger partial charge on any atom is 0.416 e. The van der Waals surface area contributed by atoms with Crippen LogP contribution in [0.1, 0.15) is 36.5 Å². The summed E-state index contributed by atoms with van der Waals surface area (Å²) in [6, 6.07) is 14.8. The van der Waals surface area contributed by atoms with Gasteiger partial charge in [-0.25, -0.2) is 9.78 Å². The number of benzene rings is 2. The van der Waals surface area contributed by atoms with E-state index in [-0.39, 0.29) is 40.1 Å². The molecule has 0 radical (unpaired) electrons. The zero-order valence-electron chi connectivity index (χ0n) is 19.4. The maximum atomic E-state index is 14.1. The number of pyridine rings is 1. The molecule has 3 aromatic rings. The number of nitrogens with zero attached hydrogens (tertiary/aromatic N) is 1. The Labute approximate surface area is 209 Å². The number of rotatable bonds is 7. The van der Waals surface area contributed by atoms with Gasteiger partial charge in [-0.1, -0.05) is 36.4 Å². The SMILES string of the molecule is CC(C)Oc1nccc2c1C(c1ccccc1C(F)(F)F)C(C(=O)O)=C(C[S+]([O-])c1ccccc1)N2. The van der Waals surface area contributed by atoms with Gasteiger partial charge in [0.25, 0.3) is 0 Å². The molecular weight excluding hydrogens is 493 g/mol. The minimum absolute atomic E-state index is 0.0268. The summed E-state index contributed by atoms with van der Waals surface area (Å²) in [7, 11) is 0. The van der Waals surface area contributed by atoms with E-state index in [0.717, 1.165) is 6.07 Å². The van der Waals surface area contributed by atoms with Gasteiger partial charge in [-0.15, -0.1) is 0 Å². The lowest BCUT2D eigenvalue weighted by Crippen LogP contribution is -2.29. The van der Waals surface area contributed by atoms with Crippen molar-refractivity contribution in [2.75, 3.05) is 11.1 Å². The number of aliphatic carboxylic acids is 1. The van der Waals surface area contributed by atoms with Crippen LogP contribution in [0.4, 0.5) is 18.9 Å². The van der Waals surface area contributed by atoms with Gasteiger partial charge in [0.15, 0.2) is 10.6 Å². The maximum absolute atomic E-state index is 14.1. The molecule has 0 aliphatic carbocycles. The zero-order chi connectivity index (χ0) is 26.0. The molecule has 0 fully saturated rings. The van der Waals surface area contributed by atoms with Gasteiger partial charge in [-0.2, -0.15) is 13.2 Å². The second-order valence-corrected chi connectivity index (χ2v) is 9.84. The minimum atomic E-state index is -4.74. The topological polar surface area (TPSA) is 94.5 Å². The average Bonchev–Trinajstić information content (AvgIpc) is 2.83. The first-order chi connectivity index (χ1) is 17.1. The summed E-state index contributed by atoms with van der Waals surface area (Å²) in [6.07, 6.45) is -3.68. The number of aromatic nitrogens is 1. The highest BCUT2D eigenvalue weighted by Gasteiger charge is 2.43. The molecule has 1 aromatic heterocycles. The molecular formula is C26H23F3N2O4S. The molecule has 0 bridgehead atoms. The normalized spacial score (nSPS) is 16.4. The van der Waals surface area contributed by atoms with Crippen LogP contribution in [0.5, 0.6) is 5.88 Å². The van der Waals surface area contributed by atoms with E-state index in [1.54, 1.807) is 44.2 Å². The first-order valence-corrected chi connectivity index (χ1v) is 12.4. The Kier molecular flexibility index (Phi) is 7.28. The molecule has 1 aliphatic rings. The van der Waals surface area contributed by atoms with Crippen molar-refractivity contribution >= 4 is 22.8 Å². The van der Waals surface area contributed by atoms with Crippen LogP contribution in [0.15, 0.2) is 83.0 Å². The predicted molar refractivity (Wildman–Crippen MR) is 129 cm³/mol. The molecule has 1 aliphatic heterocycles. The fraction of sp³-hybridized carbons (Fsp3) is 0.231. The van der Waals surface area contributed by atoms with Crippen molar-refractivity contribution in [3.05, 3.63) is 94.8 Å². The molecule has 2 heterocycles. The van der Waals surface area contributed by atoms with Crippen molar-refractivity contribution in [3.63, 3.8) is 0 Å². The highest BCUT2D eigenvalue weighted by atomic mass is 32.2. The summed E-state index contributed by atoms with van der Waals surface area (Å²) >= 11 is -1.66. The van der Waals surface area contributed by atoms with Crippen molar-refractivity contribution in [3.8, 4) is 5.88 Å². The average molecular weight is 517 g/mol. The van der Waals surface area contributed by atoms with Crippen LogP contribution in [-0.2, 0) is 22.1 Å². The van der Waals surface area contributed by atoms with Crippen molar-refractivity contribution < 1.29 is 32.4 Å². The number of alkyl halides is 3. The molecule has 36 heavy (non-hydrogen) atoms. The van der Waals surface area contributed by atoms with Crippen molar-refractivity contribution in [2.24, 2.45) is 0 Å². The van der Waals surface area contributed by atoms with E-state index in [0.29, 0.717) is 10.6 Å².